The molecule has 8 heteroatoms. The van der Waals surface area contributed by atoms with Crippen molar-refractivity contribution in [2.45, 2.75) is 30.2 Å². The lowest BCUT2D eigenvalue weighted by Crippen LogP contribution is -2.21. The molecule has 1 unspecified atom stereocenters. The van der Waals surface area contributed by atoms with E-state index in [1.54, 1.807) is 0 Å². The third kappa shape index (κ3) is 5.52. The highest BCUT2D eigenvalue weighted by Gasteiger charge is 2.32. The second-order valence-electron chi connectivity index (χ2n) is 3.86. The zero-order chi connectivity index (χ0) is 14.6. The fraction of sp³-hybridized carbons (Fsp3) is 0.455. The highest BCUT2D eigenvalue weighted by atomic mass is 79.9. The molecule has 0 aliphatic heterocycles. The number of nitrogens with two attached hydrogens (primary N) is 1. The Morgan fingerprint density at radius 1 is 1.42 bits per heavy atom. The number of hydrogen-bond acceptors (Lipinski definition) is 4. The maximum atomic E-state index is 12.3. The van der Waals surface area contributed by atoms with E-state index in [0.717, 1.165) is 6.07 Å². The third-order valence-electron chi connectivity index (χ3n) is 2.29. The van der Waals surface area contributed by atoms with Crippen molar-refractivity contribution in [2.24, 2.45) is 5.73 Å². The maximum absolute atomic E-state index is 12.3. The van der Waals surface area contributed by atoms with Gasteiger partial charge in [0.15, 0.2) is 0 Å². The topological polar surface area (TPSA) is 55.5 Å². The van der Waals surface area contributed by atoms with Crippen molar-refractivity contribution in [3.05, 3.63) is 22.2 Å². The van der Waals surface area contributed by atoms with Gasteiger partial charge < -0.3 is 28.2 Å². The number of ether oxygens (including phenoxy) is 1. The summed E-state index contributed by atoms with van der Waals surface area (Å²) in [5.41, 5.74) is 5.50. The van der Waals surface area contributed by atoms with Gasteiger partial charge in [-0.1, -0.05) is 22.0 Å². The first-order valence-electron chi connectivity index (χ1n) is 5.36. The fourth-order valence-electron chi connectivity index (χ4n) is 1.53. The van der Waals surface area contributed by atoms with Gasteiger partial charge >= 0.3 is 6.36 Å². The molecule has 0 bridgehead atoms. The molecule has 0 aliphatic carbocycles. The SMILES string of the molecule is NCCC(O)Cc1c(Br)cc([S-])cc1OC(F)(F)F. The Hall–Kier alpha value is -0.570. The molecule has 3 N–H and O–H groups in total. The van der Waals surface area contributed by atoms with Crippen LogP contribution in [0.15, 0.2) is 21.5 Å². The van der Waals surface area contributed by atoms with Crippen LogP contribution in [0.3, 0.4) is 0 Å². The summed E-state index contributed by atoms with van der Waals surface area (Å²) in [7, 11) is 0. The van der Waals surface area contributed by atoms with E-state index in [9.17, 15) is 18.3 Å². The van der Waals surface area contributed by atoms with Crippen molar-refractivity contribution < 1.29 is 23.0 Å². The molecule has 1 rings (SSSR count). The largest absolute Gasteiger partial charge is 0.780 e. The maximum Gasteiger partial charge on any atom is 0.573 e. The smallest absolute Gasteiger partial charge is 0.573 e. The summed E-state index contributed by atoms with van der Waals surface area (Å²) in [6, 6.07) is 2.60. The van der Waals surface area contributed by atoms with Gasteiger partial charge in [-0.3, -0.25) is 0 Å². The van der Waals surface area contributed by atoms with Gasteiger partial charge in [-0.2, -0.15) is 4.90 Å². The van der Waals surface area contributed by atoms with Crippen LogP contribution >= 0.6 is 15.9 Å². The first-order valence-corrected chi connectivity index (χ1v) is 6.56. The molecule has 1 aromatic carbocycles. The predicted octanol–water partition coefficient (Wildman–Crippen LogP) is 2.51. The number of aliphatic hydroxyl groups is 1. The molecule has 3 nitrogen and oxygen atoms in total. The Bertz CT molecular complexity index is 443. The molecular formula is C11H12BrF3NO2S-. The molecule has 0 aliphatic rings. The highest BCUT2D eigenvalue weighted by Crippen LogP contribution is 2.34. The molecule has 0 amide bonds. The van der Waals surface area contributed by atoms with Crippen LogP contribution in [-0.4, -0.2) is 24.1 Å². The molecule has 0 spiro atoms. The molecule has 19 heavy (non-hydrogen) atoms. The Morgan fingerprint density at radius 3 is 2.58 bits per heavy atom. The summed E-state index contributed by atoms with van der Waals surface area (Å²) in [6.07, 6.45) is -5.37. The highest BCUT2D eigenvalue weighted by molar-refractivity contribution is 9.10. The lowest BCUT2D eigenvalue weighted by atomic mass is 10.0. The van der Waals surface area contributed by atoms with Gasteiger partial charge in [0.05, 0.1) is 6.10 Å². The zero-order valence-electron chi connectivity index (χ0n) is 9.71. The molecule has 0 heterocycles. The first-order chi connectivity index (χ1) is 8.73. The number of halogens is 4. The van der Waals surface area contributed by atoms with E-state index < -0.39 is 18.2 Å². The van der Waals surface area contributed by atoms with E-state index in [2.05, 4.69) is 20.7 Å². The van der Waals surface area contributed by atoms with Gasteiger partial charge in [0.1, 0.15) is 5.75 Å². The van der Waals surface area contributed by atoms with E-state index in [1.807, 2.05) is 0 Å². The summed E-state index contributed by atoms with van der Waals surface area (Å²) < 4.78 is 41.3. The van der Waals surface area contributed by atoms with Crippen molar-refractivity contribution in [2.75, 3.05) is 6.54 Å². The van der Waals surface area contributed by atoms with Crippen LogP contribution in [0.25, 0.3) is 0 Å². The molecule has 1 aromatic rings. The molecule has 0 saturated carbocycles. The van der Waals surface area contributed by atoms with Gasteiger partial charge in [-0.15, -0.1) is 13.2 Å². The quantitative estimate of drug-likeness (QED) is 0.794. The minimum Gasteiger partial charge on any atom is -0.780 e. The van der Waals surface area contributed by atoms with Crippen molar-refractivity contribution in [1.82, 2.24) is 0 Å². The number of benzene rings is 1. The monoisotopic (exact) mass is 358 g/mol. The van der Waals surface area contributed by atoms with Gasteiger partial charge in [-0.05, 0) is 19.0 Å². The summed E-state index contributed by atoms with van der Waals surface area (Å²) in [5.74, 6) is -0.400. The Labute approximate surface area is 122 Å². The van der Waals surface area contributed by atoms with E-state index >= 15 is 0 Å². The normalized spacial score (nSPS) is 13.4. The minimum atomic E-state index is -4.81. The van der Waals surface area contributed by atoms with Crippen LogP contribution in [0, 0.1) is 0 Å². The van der Waals surface area contributed by atoms with Crippen molar-refractivity contribution >= 4 is 28.6 Å². The molecule has 0 fully saturated rings. The summed E-state index contributed by atoms with van der Waals surface area (Å²) in [4.78, 5) is 0.211. The van der Waals surface area contributed by atoms with E-state index in [4.69, 9.17) is 18.4 Å². The number of hydrogen-bond donors (Lipinski definition) is 2. The third-order valence-corrected chi connectivity index (χ3v) is 3.24. The molecule has 108 valence electrons. The summed E-state index contributed by atoms with van der Waals surface area (Å²) in [6.45, 7) is 0.243. The van der Waals surface area contributed by atoms with Gasteiger partial charge in [0, 0.05) is 16.5 Å². The molecule has 0 aromatic heterocycles. The van der Waals surface area contributed by atoms with Crippen LogP contribution in [0.1, 0.15) is 12.0 Å². The van der Waals surface area contributed by atoms with Crippen LogP contribution in [0.4, 0.5) is 13.2 Å². The van der Waals surface area contributed by atoms with E-state index in [0.29, 0.717) is 4.47 Å². The number of alkyl halides is 3. The Morgan fingerprint density at radius 2 is 2.05 bits per heavy atom. The van der Waals surface area contributed by atoms with Crippen LogP contribution in [0.2, 0.25) is 0 Å². The Kier molecular flexibility index (Phi) is 5.84. The lowest BCUT2D eigenvalue weighted by Gasteiger charge is -2.20. The first kappa shape index (κ1) is 16.5. The molecule has 1 atom stereocenters. The van der Waals surface area contributed by atoms with E-state index in [-0.39, 0.29) is 29.8 Å². The van der Waals surface area contributed by atoms with E-state index in [1.165, 1.54) is 6.07 Å². The van der Waals surface area contributed by atoms with Crippen molar-refractivity contribution in [3.8, 4) is 5.75 Å². The summed E-state index contributed by atoms with van der Waals surface area (Å²) in [5, 5.41) is 9.66. The van der Waals surface area contributed by atoms with Crippen molar-refractivity contribution in [1.29, 1.82) is 0 Å². The van der Waals surface area contributed by atoms with Gasteiger partial charge in [0.25, 0.3) is 0 Å². The van der Waals surface area contributed by atoms with Gasteiger partial charge in [-0.25, -0.2) is 0 Å². The van der Waals surface area contributed by atoms with Crippen LogP contribution in [0.5, 0.6) is 5.75 Å². The lowest BCUT2D eigenvalue weighted by molar-refractivity contribution is -0.275. The number of aliphatic hydroxyl groups excluding tert-OH is 1. The molecule has 0 saturated heterocycles. The minimum absolute atomic E-state index is 0.00118. The summed E-state index contributed by atoms with van der Waals surface area (Å²) >= 11 is 7.97. The zero-order valence-corrected chi connectivity index (χ0v) is 12.1. The van der Waals surface area contributed by atoms with Crippen molar-refractivity contribution in [3.63, 3.8) is 0 Å². The second-order valence-corrected chi connectivity index (χ2v) is 5.19. The molecule has 0 radical (unpaired) electrons. The predicted molar refractivity (Wildman–Crippen MR) is 69.8 cm³/mol. The standard InChI is InChI=1S/C11H13BrF3NO2S/c12-9-4-7(19)5-10(18-11(13,14)15)8(9)3-6(17)1-2-16/h4-6,17,19H,1-3,16H2/p-1. The second kappa shape index (κ2) is 6.74. The van der Waals surface area contributed by atoms with Crippen LogP contribution < -0.4 is 10.5 Å². The Balaban J connectivity index is 3.06. The molecular weight excluding hydrogens is 347 g/mol. The number of rotatable bonds is 5. The fourth-order valence-corrected chi connectivity index (χ4v) is 2.51. The van der Waals surface area contributed by atoms with Crippen LogP contribution in [-0.2, 0) is 19.0 Å². The van der Waals surface area contributed by atoms with Gasteiger partial charge in [0.2, 0.25) is 0 Å². The average molecular weight is 359 g/mol. The average Bonchev–Trinajstić information content (AvgIpc) is 2.21.